The number of carbonyl (C=O) groups excluding carboxylic acids is 4. The third-order valence-electron chi connectivity index (χ3n) is 19.7. The number of ketones is 1. The Morgan fingerprint density at radius 1 is 0.854 bits per heavy atom. The molecule has 4 saturated heterocycles. The summed E-state index contributed by atoms with van der Waals surface area (Å²) in [6, 6.07) is 7.28. The SMILES string of the molecule is CC[C@H]1OC(=O)C(C)(C)[C@@H](O[C@H]2C[C@@](C)(OC)[C@@H](O)[C@H](C)O2)[C@H](C)[C@@H](O[C@@H]2O[C@H](C)C[C@H](N(C)C(=O)c3cccnc3)[C@H]2O)[C@](C)(OC)C[C@@H](C)C(=O)[C@H](C)[C@H]2N(CCCN(Cc3c(Cl)cncc3Cl)c3ccc(OC)c(OC4CCCC4)c3)C(=O)O[C@]12C. The molecular weight excluding hydrogens is 1190 g/mol. The van der Waals surface area contributed by atoms with Crippen LogP contribution in [0.4, 0.5) is 10.5 Å². The first-order chi connectivity index (χ1) is 42.1. The van der Waals surface area contributed by atoms with Gasteiger partial charge in [0.25, 0.3) is 5.91 Å². The predicted octanol–water partition coefficient (Wildman–Crippen LogP) is 10.0. The maximum Gasteiger partial charge on any atom is 0.410 e. The Morgan fingerprint density at radius 2 is 1.54 bits per heavy atom. The van der Waals surface area contributed by atoms with Crippen LogP contribution in [-0.4, -0.2) is 185 Å². The molecule has 2 aromatic heterocycles. The Bertz CT molecular complexity index is 2910. The average molecular weight is 1290 g/mol. The number of amides is 2. The summed E-state index contributed by atoms with van der Waals surface area (Å²) >= 11 is 13.6. The minimum absolute atomic E-state index is 0.0181. The van der Waals surface area contributed by atoms with E-state index < -0.39 is 119 Å². The van der Waals surface area contributed by atoms with Crippen molar-refractivity contribution in [2.75, 3.05) is 46.4 Å². The van der Waals surface area contributed by atoms with Gasteiger partial charge in [-0.25, -0.2) is 4.79 Å². The normalized spacial score (nSPS) is 34.7. The quantitative estimate of drug-likeness (QED) is 0.106. The number of nitrogens with zero attached hydrogens (tertiary/aromatic N) is 5. The number of halogens is 2. The number of rotatable bonds is 19. The molecule has 494 valence electrons. The molecule has 1 saturated carbocycles. The molecule has 5 fully saturated rings. The number of aromatic nitrogens is 2. The van der Waals surface area contributed by atoms with Gasteiger partial charge in [-0.15, -0.1) is 0 Å². The second kappa shape index (κ2) is 28.9. The molecule has 89 heavy (non-hydrogen) atoms. The number of aliphatic hydroxyl groups is 2. The van der Waals surface area contributed by atoms with Crippen molar-refractivity contribution in [2.45, 2.75) is 231 Å². The van der Waals surface area contributed by atoms with E-state index in [9.17, 15) is 19.8 Å². The van der Waals surface area contributed by atoms with Crippen LogP contribution in [0.3, 0.4) is 0 Å². The number of pyridine rings is 2. The average Bonchev–Trinajstić information content (AvgIpc) is 1.73. The van der Waals surface area contributed by atoms with Gasteiger partial charge in [-0.2, -0.15) is 0 Å². The lowest BCUT2D eigenvalue weighted by Gasteiger charge is -2.51. The Balaban J connectivity index is 1.17. The number of aliphatic hydroxyl groups excluding tert-OH is 2. The van der Waals surface area contributed by atoms with Crippen molar-refractivity contribution in [3.8, 4) is 11.5 Å². The van der Waals surface area contributed by atoms with Crippen LogP contribution in [-0.2, 0) is 54.0 Å². The lowest BCUT2D eigenvalue weighted by molar-refractivity contribution is -0.323. The van der Waals surface area contributed by atoms with E-state index in [1.165, 1.54) is 25.3 Å². The van der Waals surface area contributed by atoms with E-state index in [4.69, 9.17) is 70.6 Å². The standard InChI is InChI=1S/C66H95Cl2N5O16/c1-16-51-66(11)55(73(62(79)89-66)28-20-27-72(36-45-46(67)34-70-35-47(45)68)43-24-25-49(80-13)50(30-43)85-44-22-17-18-23-44)39(4)53(74)37(2)31-65(10,82-15)58(88-60-54(75)48(29-38(3)83-60)71(12)59(77)42-21-19-26-69-33-42)40(5)57(63(7,8)61(78)86-51)87-52-32-64(9,81-14)56(76)41(6)84-52/h19,21,24-26,30,33-35,37-41,44,48,51-52,54-58,60,75-76H,16-18,20,22-23,27-29,31-32,36H2,1-15H3/t37-,38-,39+,40+,41+,48+,51-,52+,54-,55-,56+,57+,58-,60+,64-,65-,66-/m1/s1. The van der Waals surface area contributed by atoms with Crippen molar-refractivity contribution in [1.29, 1.82) is 0 Å². The van der Waals surface area contributed by atoms with Gasteiger partial charge in [0.15, 0.2) is 29.7 Å². The molecular formula is C66H95Cl2N5O16. The Kier molecular flexibility index (Phi) is 22.7. The second-order valence-electron chi connectivity index (χ2n) is 26.4. The van der Waals surface area contributed by atoms with E-state index in [2.05, 4.69) is 14.9 Å². The lowest BCUT2D eigenvalue weighted by Crippen LogP contribution is -2.63. The molecule has 21 nitrogen and oxygen atoms in total. The first-order valence-electron chi connectivity index (χ1n) is 31.4. The fraction of sp³-hybridized carbons (Fsp3) is 0.697. The van der Waals surface area contributed by atoms with Crippen molar-refractivity contribution >= 4 is 52.6 Å². The van der Waals surface area contributed by atoms with Gasteiger partial charge in [-0.1, -0.05) is 50.9 Å². The maximum atomic E-state index is 15.7. The molecule has 2 amide bonds. The Morgan fingerprint density at radius 3 is 2.17 bits per heavy atom. The number of methoxy groups -OCH3 is 3. The number of anilines is 1. The van der Waals surface area contributed by atoms with Crippen LogP contribution in [0.2, 0.25) is 10.0 Å². The van der Waals surface area contributed by atoms with Crippen LogP contribution in [0.1, 0.15) is 150 Å². The van der Waals surface area contributed by atoms with Crippen molar-refractivity contribution in [2.24, 2.45) is 23.2 Å². The molecule has 6 heterocycles. The predicted molar refractivity (Wildman–Crippen MR) is 333 cm³/mol. The minimum Gasteiger partial charge on any atom is -0.493 e. The second-order valence-corrected chi connectivity index (χ2v) is 27.2. The van der Waals surface area contributed by atoms with E-state index in [0.717, 1.165) is 31.4 Å². The number of esters is 1. The number of Topliss-reactive ketones (excluding diaryl/α,β-unsaturated/α-hetero) is 1. The number of benzene rings is 1. The van der Waals surface area contributed by atoms with Gasteiger partial charge < -0.3 is 72.3 Å². The van der Waals surface area contributed by atoms with E-state index in [1.807, 2.05) is 45.9 Å². The van der Waals surface area contributed by atoms with Crippen molar-refractivity contribution in [1.82, 2.24) is 19.8 Å². The van der Waals surface area contributed by atoms with Crippen LogP contribution in [0.25, 0.3) is 0 Å². The zero-order valence-electron chi connectivity index (χ0n) is 54.4. The number of ether oxygens (including phenoxy) is 10. The number of carbonyl (C=O) groups is 4. The maximum absolute atomic E-state index is 15.7. The number of hydrogen-bond donors (Lipinski definition) is 2. The number of fused-ring (bicyclic) bond motifs is 1. The van der Waals surface area contributed by atoms with Gasteiger partial charge in [-0.3, -0.25) is 24.4 Å². The molecule has 3 aromatic rings. The smallest absolute Gasteiger partial charge is 0.410 e. The summed E-state index contributed by atoms with van der Waals surface area (Å²) in [6.07, 6.45) is 0.662. The van der Waals surface area contributed by atoms with E-state index in [-0.39, 0.29) is 56.6 Å². The van der Waals surface area contributed by atoms with Crippen LogP contribution in [0.5, 0.6) is 11.5 Å². The van der Waals surface area contributed by atoms with Crippen LogP contribution >= 0.6 is 23.2 Å². The largest absolute Gasteiger partial charge is 0.493 e. The molecule has 2 N–H and O–H groups in total. The van der Waals surface area contributed by atoms with Gasteiger partial charge >= 0.3 is 12.1 Å². The Hall–Kier alpha value is -4.94. The first kappa shape index (κ1) is 69.9. The molecule has 0 unspecified atom stereocenters. The summed E-state index contributed by atoms with van der Waals surface area (Å²) in [6.45, 7) is 20.2. The molecule has 1 aliphatic carbocycles. The lowest BCUT2D eigenvalue weighted by atomic mass is 9.70. The summed E-state index contributed by atoms with van der Waals surface area (Å²) in [5.41, 5.74) is -4.01. The highest BCUT2D eigenvalue weighted by Gasteiger charge is 2.62. The van der Waals surface area contributed by atoms with Gasteiger partial charge in [0, 0.05) is 107 Å². The fourth-order valence-electron chi connectivity index (χ4n) is 14.5. The third kappa shape index (κ3) is 14.8. The molecule has 23 heteroatoms. The van der Waals surface area contributed by atoms with Gasteiger partial charge in [0.05, 0.1) is 81.9 Å². The van der Waals surface area contributed by atoms with Crippen LogP contribution in [0, 0.1) is 23.2 Å². The topological polar surface area (TPSA) is 237 Å². The Labute approximate surface area is 534 Å². The van der Waals surface area contributed by atoms with Gasteiger partial charge in [0.2, 0.25) is 0 Å². The summed E-state index contributed by atoms with van der Waals surface area (Å²) in [7, 11) is 6.22. The summed E-state index contributed by atoms with van der Waals surface area (Å²) in [5.74, 6) is -2.76. The van der Waals surface area contributed by atoms with Gasteiger partial charge in [-0.05, 0) is 124 Å². The number of cyclic esters (lactones) is 1. The molecule has 8 rings (SSSR count). The molecule has 17 atom stereocenters. The first-order valence-corrected chi connectivity index (χ1v) is 32.2. The highest BCUT2D eigenvalue weighted by atomic mass is 35.5. The monoisotopic (exact) mass is 1280 g/mol. The fourth-order valence-corrected chi connectivity index (χ4v) is 15.0. The molecule has 0 spiro atoms. The molecule has 0 radical (unpaired) electrons. The van der Waals surface area contributed by atoms with Gasteiger partial charge in [0.1, 0.15) is 24.1 Å². The summed E-state index contributed by atoms with van der Waals surface area (Å²) < 4.78 is 65.2. The van der Waals surface area contributed by atoms with Crippen LogP contribution in [0.15, 0.2) is 55.1 Å². The zero-order valence-corrected chi connectivity index (χ0v) is 56.0. The zero-order chi connectivity index (χ0) is 65.1. The molecule has 5 aliphatic rings. The number of likely N-dealkylation sites (N-methyl/N-ethyl adjacent to an activating group) is 1. The van der Waals surface area contributed by atoms with Crippen LogP contribution < -0.4 is 14.4 Å². The molecule has 0 bridgehead atoms. The highest BCUT2D eigenvalue weighted by molar-refractivity contribution is 6.35. The third-order valence-corrected chi connectivity index (χ3v) is 20.4. The molecule has 4 aliphatic heterocycles. The van der Waals surface area contributed by atoms with E-state index in [1.54, 1.807) is 98.2 Å². The van der Waals surface area contributed by atoms with E-state index >= 15 is 9.59 Å². The molecule has 1 aromatic carbocycles. The van der Waals surface area contributed by atoms with Crippen molar-refractivity contribution in [3.05, 3.63) is 76.3 Å². The van der Waals surface area contributed by atoms with Crippen molar-refractivity contribution in [3.63, 3.8) is 0 Å². The van der Waals surface area contributed by atoms with Crippen molar-refractivity contribution < 1.29 is 76.8 Å². The highest BCUT2D eigenvalue weighted by Crippen LogP contribution is 2.48. The summed E-state index contributed by atoms with van der Waals surface area (Å²) in [4.78, 5) is 73.6. The summed E-state index contributed by atoms with van der Waals surface area (Å²) in [5, 5.41) is 24.5. The number of hydrogen-bond acceptors (Lipinski definition) is 19. The van der Waals surface area contributed by atoms with E-state index in [0.29, 0.717) is 45.6 Å². The minimum atomic E-state index is -1.60.